The summed E-state index contributed by atoms with van der Waals surface area (Å²) in [6.45, 7) is 3.60. The first kappa shape index (κ1) is 8.52. The third-order valence-electron chi connectivity index (χ3n) is 2.75. The predicted molar refractivity (Wildman–Crippen MR) is 53.5 cm³/mol. The third kappa shape index (κ3) is 1.65. The van der Waals surface area contributed by atoms with Crippen LogP contribution in [-0.4, -0.2) is 11.2 Å². The Kier molecular flexibility index (Phi) is 2.19. The van der Waals surface area contributed by atoms with Gasteiger partial charge < -0.3 is 5.11 Å². The second kappa shape index (κ2) is 3.35. The van der Waals surface area contributed by atoms with Crippen molar-refractivity contribution < 1.29 is 5.11 Å². The van der Waals surface area contributed by atoms with E-state index >= 15 is 0 Å². The normalized spacial score (nSPS) is 28.1. The first-order chi connectivity index (χ1) is 6.33. The van der Waals surface area contributed by atoms with Gasteiger partial charge in [0.2, 0.25) is 0 Å². The molecule has 0 spiro atoms. The first-order valence-corrected chi connectivity index (χ1v) is 4.68. The summed E-state index contributed by atoms with van der Waals surface area (Å²) in [6, 6.07) is 10.4. The lowest BCUT2D eigenvalue weighted by Gasteiger charge is -2.03. The summed E-state index contributed by atoms with van der Waals surface area (Å²) in [5.74, 6) is 0.953. The molecule has 1 N–H and O–H groups in total. The fourth-order valence-electron chi connectivity index (χ4n) is 1.85. The molecular weight excluding hydrogens is 160 g/mol. The molecule has 0 radical (unpaired) electrons. The molecule has 1 aromatic rings. The maximum Gasteiger partial charge on any atom is 0.0752 e. The van der Waals surface area contributed by atoms with Gasteiger partial charge in [0.15, 0.2) is 0 Å². The molecule has 1 aliphatic carbocycles. The zero-order valence-electron chi connectivity index (χ0n) is 7.56. The summed E-state index contributed by atoms with van der Waals surface area (Å²) in [6.07, 6.45) is 2.40. The molecule has 1 aromatic carbocycles. The maximum absolute atomic E-state index is 9.51. The van der Waals surface area contributed by atoms with Crippen LogP contribution in [0.1, 0.15) is 17.9 Å². The molecule has 3 atom stereocenters. The Bertz CT molecular complexity index is 291. The van der Waals surface area contributed by atoms with Crippen molar-refractivity contribution in [3.63, 3.8) is 0 Å². The highest BCUT2D eigenvalue weighted by molar-refractivity contribution is 5.26. The predicted octanol–water partition coefficient (Wildman–Crippen LogP) is 2.34. The van der Waals surface area contributed by atoms with Crippen molar-refractivity contribution in [3.05, 3.63) is 48.6 Å². The molecule has 1 saturated carbocycles. The van der Waals surface area contributed by atoms with Gasteiger partial charge >= 0.3 is 0 Å². The van der Waals surface area contributed by atoms with E-state index in [1.807, 2.05) is 18.2 Å². The lowest BCUT2D eigenvalue weighted by molar-refractivity contribution is 0.197. The number of aliphatic hydroxyl groups is 1. The van der Waals surface area contributed by atoms with Gasteiger partial charge in [-0.3, -0.25) is 0 Å². The molecular formula is C12H14O. The fourth-order valence-corrected chi connectivity index (χ4v) is 1.85. The highest BCUT2D eigenvalue weighted by atomic mass is 16.3. The van der Waals surface area contributed by atoms with E-state index in [0.29, 0.717) is 11.8 Å². The molecule has 1 fully saturated rings. The molecule has 68 valence electrons. The van der Waals surface area contributed by atoms with Crippen molar-refractivity contribution in [2.24, 2.45) is 5.92 Å². The van der Waals surface area contributed by atoms with Crippen molar-refractivity contribution in [2.45, 2.75) is 18.4 Å². The maximum atomic E-state index is 9.51. The molecule has 0 amide bonds. The van der Waals surface area contributed by atoms with E-state index in [0.717, 1.165) is 6.42 Å². The van der Waals surface area contributed by atoms with Gasteiger partial charge in [-0.2, -0.15) is 0 Å². The molecule has 0 aromatic heterocycles. The average molecular weight is 174 g/mol. The zero-order valence-corrected chi connectivity index (χ0v) is 7.56. The second-order valence-corrected chi connectivity index (χ2v) is 3.64. The van der Waals surface area contributed by atoms with Crippen LogP contribution in [-0.2, 0) is 0 Å². The number of hydrogen-bond acceptors (Lipinski definition) is 1. The van der Waals surface area contributed by atoms with Crippen molar-refractivity contribution in [2.75, 3.05) is 0 Å². The topological polar surface area (TPSA) is 20.2 Å². The minimum absolute atomic E-state index is 0.329. The van der Waals surface area contributed by atoms with E-state index in [-0.39, 0.29) is 6.10 Å². The largest absolute Gasteiger partial charge is 0.389 e. The van der Waals surface area contributed by atoms with Crippen LogP contribution in [0.5, 0.6) is 0 Å². The van der Waals surface area contributed by atoms with Gasteiger partial charge in [-0.05, 0) is 23.8 Å². The molecule has 13 heavy (non-hydrogen) atoms. The summed E-state index contributed by atoms with van der Waals surface area (Å²) in [7, 11) is 0. The third-order valence-corrected chi connectivity index (χ3v) is 2.75. The van der Waals surface area contributed by atoms with E-state index in [1.54, 1.807) is 6.08 Å². The Balaban J connectivity index is 2.04. The van der Waals surface area contributed by atoms with Crippen LogP contribution in [0, 0.1) is 5.92 Å². The van der Waals surface area contributed by atoms with Crippen LogP contribution >= 0.6 is 0 Å². The summed E-state index contributed by atoms with van der Waals surface area (Å²) < 4.78 is 0. The van der Waals surface area contributed by atoms with Crippen molar-refractivity contribution in [1.82, 2.24) is 0 Å². The van der Waals surface area contributed by atoms with E-state index < -0.39 is 0 Å². The van der Waals surface area contributed by atoms with Crippen LogP contribution in [0.4, 0.5) is 0 Å². The van der Waals surface area contributed by atoms with Gasteiger partial charge in [-0.15, -0.1) is 6.58 Å². The number of benzene rings is 1. The molecule has 0 aliphatic heterocycles. The Hall–Kier alpha value is -1.08. The molecule has 3 unspecified atom stereocenters. The van der Waals surface area contributed by atoms with Gasteiger partial charge in [0.05, 0.1) is 6.10 Å². The van der Waals surface area contributed by atoms with Crippen LogP contribution in [0.3, 0.4) is 0 Å². The SMILES string of the molecule is C=CC(O)C1CC1c1ccccc1. The molecule has 1 heteroatoms. The molecule has 0 heterocycles. The second-order valence-electron chi connectivity index (χ2n) is 3.64. The molecule has 0 saturated heterocycles. The lowest BCUT2D eigenvalue weighted by atomic mass is 10.1. The zero-order chi connectivity index (χ0) is 9.26. The standard InChI is InChI=1S/C12H14O/c1-2-12(13)11-8-10(11)9-6-4-3-5-7-9/h2-7,10-13H,1,8H2. The van der Waals surface area contributed by atoms with E-state index in [4.69, 9.17) is 0 Å². The van der Waals surface area contributed by atoms with Gasteiger partial charge in [0.25, 0.3) is 0 Å². The summed E-state index contributed by atoms with van der Waals surface area (Å²) in [5.41, 5.74) is 1.34. The molecule has 1 aliphatic rings. The van der Waals surface area contributed by atoms with E-state index in [2.05, 4.69) is 18.7 Å². The minimum atomic E-state index is -0.329. The summed E-state index contributed by atoms with van der Waals surface area (Å²) in [4.78, 5) is 0. The van der Waals surface area contributed by atoms with E-state index in [1.165, 1.54) is 5.56 Å². The van der Waals surface area contributed by atoms with Gasteiger partial charge in [0, 0.05) is 0 Å². The minimum Gasteiger partial charge on any atom is -0.389 e. The lowest BCUT2D eigenvalue weighted by Crippen LogP contribution is -2.05. The Morgan fingerprint density at radius 2 is 2.08 bits per heavy atom. The van der Waals surface area contributed by atoms with Crippen molar-refractivity contribution in [1.29, 1.82) is 0 Å². The van der Waals surface area contributed by atoms with Crippen LogP contribution in [0.2, 0.25) is 0 Å². The van der Waals surface area contributed by atoms with Crippen LogP contribution in [0.25, 0.3) is 0 Å². The van der Waals surface area contributed by atoms with Crippen molar-refractivity contribution >= 4 is 0 Å². The number of rotatable bonds is 3. The van der Waals surface area contributed by atoms with Gasteiger partial charge in [-0.1, -0.05) is 36.4 Å². The molecule has 1 nitrogen and oxygen atoms in total. The molecule has 2 rings (SSSR count). The smallest absolute Gasteiger partial charge is 0.0752 e. The monoisotopic (exact) mass is 174 g/mol. The Morgan fingerprint density at radius 3 is 2.69 bits per heavy atom. The summed E-state index contributed by atoms with van der Waals surface area (Å²) >= 11 is 0. The van der Waals surface area contributed by atoms with E-state index in [9.17, 15) is 5.11 Å². The van der Waals surface area contributed by atoms with Crippen molar-refractivity contribution in [3.8, 4) is 0 Å². The average Bonchev–Trinajstić information content (AvgIpc) is 2.98. The quantitative estimate of drug-likeness (QED) is 0.697. The summed E-state index contributed by atoms with van der Waals surface area (Å²) in [5, 5.41) is 9.51. The number of aliphatic hydroxyl groups excluding tert-OH is 1. The fraction of sp³-hybridized carbons (Fsp3) is 0.333. The highest BCUT2D eigenvalue weighted by Crippen LogP contribution is 2.49. The molecule has 0 bridgehead atoms. The first-order valence-electron chi connectivity index (χ1n) is 4.68. The van der Waals surface area contributed by atoms with Crippen LogP contribution < -0.4 is 0 Å². The highest BCUT2D eigenvalue weighted by Gasteiger charge is 2.41. The Labute approximate surface area is 78.7 Å². The van der Waals surface area contributed by atoms with Gasteiger partial charge in [-0.25, -0.2) is 0 Å². The van der Waals surface area contributed by atoms with Gasteiger partial charge in [0.1, 0.15) is 0 Å². The Morgan fingerprint density at radius 1 is 1.38 bits per heavy atom. The van der Waals surface area contributed by atoms with Crippen LogP contribution in [0.15, 0.2) is 43.0 Å². The number of hydrogen-bond donors (Lipinski definition) is 1.